The quantitative estimate of drug-likeness (QED) is 0.588. The summed E-state index contributed by atoms with van der Waals surface area (Å²) in [4.78, 5) is 11.3. The number of hydrogen-bond donors (Lipinski definition) is 2. The average molecular weight is 313 g/mol. The monoisotopic (exact) mass is 313 g/mol. The zero-order chi connectivity index (χ0) is 15.3. The van der Waals surface area contributed by atoms with Gasteiger partial charge in [-0.3, -0.25) is 9.96 Å². The Balaban J connectivity index is 2.16. The number of carbonyl (C=O) groups excluding carboxylic acids is 1. The molecule has 2 rings (SSSR count). The van der Waals surface area contributed by atoms with E-state index >= 15 is 0 Å². The minimum atomic E-state index is -5.88. The van der Waals surface area contributed by atoms with Crippen molar-refractivity contribution in [3.8, 4) is 0 Å². The minimum absolute atomic E-state index is 0.0156. The molecule has 2 N–H and O–H groups in total. The average Bonchev–Trinajstić information content (AvgIpc) is 2.47. The van der Waals surface area contributed by atoms with Crippen LogP contribution in [0.15, 0.2) is 0 Å². The molecule has 10 heteroatoms. The first-order chi connectivity index (χ1) is 9.04. The number of alkyl halides is 2. The first kappa shape index (κ1) is 15.1. The fourth-order valence-electron chi connectivity index (χ4n) is 2.63. The summed E-state index contributed by atoms with van der Waals surface area (Å²) in [6, 6.07) is 0. The van der Waals surface area contributed by atoms with E-state index in [-0.39, 0.29) is 24.2 Å². The van der Waals surface area contributed by atoms with E-state index in [0.717, 1.165) is 0 Å². The van der Waals surface area contributed by atoms with Gasteiger partial charge in [0, 0.05) is 12.3 Å². The summed E-state index contributed by atoms with van der Waals surface area (Å²) in [5, 5.41) is 2.41. The van der Waals surface area contributed by atoms with Crippen LogP contribution in [-0.4, -0.2) is 42.3 Å². The zero-order valence-electron chi connectivity index (χ0n) is 10.4. The van der Waals surface area contributed by atoms with Crippen molar-refractivity contribution in [3.63, 3.8) is 0 Å². The second-order valence-corrected chi connectivity index (χ2v) is 6.51. The zero-order valence-corrected chi connectivity index (χ0v) is 11.2. The third-order valence-corrected chi connectivity index (χ3v) is 4.37. The van der Waals surface area contributed by atoms with Gasteiger partial charge in [0.25, 0.3) is 0 Å². The Bertz CT molecular complexity index is 548. The van der Waals surface area contributed by atoms with E-state index in [2.05, 4.69) is 4.74 Å². The molecular weight excluding hydrogens is 300 g/mol. The van der Waals surface area contributed by atoms with E-state index in [9.17, 15) is 22.0 Å². The van der Waals surface area contributed by atoms with Gasteiger partial charge < -0.3 is 9.47 Å². The second-order valence-electron chi connectivity index (χ2n) is 5.04. The molecule has 7 nitrogen and oxygen atoms in total. The van der Waals surface area contributed by atoms with Gasteiger partial charge in [0.15, 0.2) is 5.90 Å². The standard InChI is InChI=1S/C10H13F2NO6S/c1-4-2-5-3-6(13)18-7(4)8(5)19-9(14)10(11,12)20(15,16)17/h4-5,7-8,13H,2-3H2,1H3,(H,15,16,17). The van der Waals surface area contributed by atoms with Crippen molar-refractivity contribution in [2.24, 2.45) is 11.8 Å². The number of ether oxygens (including phenoxy) is 2. The highest BCUT2D eigenvalue weighted by atomic mass is 32.2. The number of hydrogen-bond acceptors (Lipinski definition) is 6. The van der Waals surface area contributed by atoms with Crippen molar-refractivity contribution in [2.45, 2.75) is 37.2 Å². The third-order valence-electron chi connectivity index (χ3n) is 3.55. The molecule has 2 aliphatic rings. The summed E-state index contributed by atoms with van der Waals surface area (Å²) >= 11 is 0. The molecule has 0 aromatic carbocycles. The molecule has 114 valence electrons. The lowest BCUT2D eigenvalue weighted by atomic mass is 9.99. The van der Waals surface area contributed by atoms with Crippen LogP contribution in [0.4, 0.5) is 8.78 Å². The Morgan fingerprint density at radius 2 is 2.15 bits per heavy atom. The lowest BCUT2D eigenvalue weighted by Gasteiger charge is -2.31. The summed E-state index contributed by atoms with van der Waals surface area (Å²) in [6.07, 6.45) is -1.14. The van der Waals surface area contributed by atoms with Crippen LogP contribution in [0.1, 0.15) is 19.8 Å². The van der Waals surface area contributed by atoms with Crippen LogP contribution >= 0.6 is 0 Å². The fourth-order valence-corrected chi connectivity index (χ4v) is 2.89. The fraction of sp³-hybridized carbons (Fsp3) is 0.800. The molecule has 1 aliphatic carbocycles. The van der Waals surface area contributed by atoms with E-state index in [1.54, 1.807) is 6.92 Å². The van der Waals surface area contributed by atoms with Gasteiger partial charge in [-0.25, -0.2) is 4.79 Å². The molecule has 1 aliphatic heterocycles. The second kappa shape index (κ2) is 4.62. The molecule has 4 atom stereocenters. The molecule has 2 bridgehead atoms. The molecule has 0 radical (unpaired) electrons. The Kier molecular flexibility index (Phi) is 3.49. The first-order valence-corrected chi connectivity index (χ1v) is 7.28. The predicted octanol–water partition coefficient (Wildman–Crippen LogP) is 0.801. The molecule has 4 unspecified atom stereocenters. The molecule has 1 saturated carbocycles. The Hall–Kier alpha value is -1.29. The molecule has 2 fully saturated rings. The van der Waals surface area contributed by atoms with Crippen LogP contribution in [0.5, 0.6) is 0 Å². The van der Waals surface area contributed by atoms with Gasteiger partial charge in [-0.15, -0.1) is 0 Å². The van der Waals surface area contributed by atoms with E-state index in [1.165, 1.54) is 0 Å². The number of nitrogens with one attached hydrogen (secondary N) is 1. The molecule has 1 heterocycles. The van der Waals surface area contributed by atoms with Crippen LogP contribution in [0.25, 0.3) is 0 Å². The maximum Gasteiger partial charge on any atom is 0.465 e. The maximum absolute atomic E-state index is 13.1. The van der Waals surface area contributed by atoms with Gasteiger partial charge in [-0.2, -0.15) is 17.2 Å². The van der Waals surface area contributed by atoms with Gasteiger partial charge in [0.1, 0.15) is 12.2 Å². The van der Waals surface area contributed by atoms with Gasteiger partial charge in [-0.1, -0.05) is 6.92 Å². The predicted molar refractivity (Wildman–Crippen MR) is 60.9 cm³/mol. The number of esters is 1. The van der Waals surface area contributed by atoms with Crippen LogP contribution < -0.4 is 0 Å². The number of carbonyl (C=O) groups is 1. The SMILES string of the molecule is CC1CC2CC(=N)OC1C2OC(=O)C(F)(F)S(=O)(=O)O. The van der Waals surface area contributed by atoms with Gasteiger partial charge in [-0.05, 0) is 12.3 Å². The lowest BCUT2D eigenvalue weighted by Crippen LogP contribution is -2.46. The number of halogens is 2. The summed E-state index contributed by atoms with van der Waals surface area (Å²) in [5.74, 6) is -2.82. The summed E-state index contributed by atoms with van der Waals surface area (Å²) in [6.45, 7) is 1.75. The summed E-state index contributed by atoms with van der Waals surface area (Å²) in [5.41, 5.74) is 0. The highest BCUT2D eigenvalue weighted by Crippen LogP contribution is 2.42. The van der Waals surface area contributed by atoms with E-state index in [0.29, 0.717) is 6.42 Å². The van der Waals surface area contributed by atoms with Crippen molar-refractivity contribution in [3.05, 3.63) is 0 Å². The smallest absolute Gasteiger partial charge is 0.465 e. The van der Waals surface area contributed by atoms with Crippen LogP contribution in [0.3, 0.4) is 0 Å². The molecule has 1 saturated heterocycles. The first-order valence-electron chi connectivity index (χ1n) is 5.84. The molecular formula is C10H13F2NO6S. The van der Waals surface area contributed by atoms with Crippen molar-refractivity contribution < 1.29 is 36.0 Å². The Morgan fingerprint density at radius 1 is 1.55 bits per heavy atom. The summed E-state index contributed by atoms with van der Waals surface area (Å²) in [7, 11) is -5.88. The van der Waals surface area contributed by atoms with Crippen molar-refractivity contribution >= 4 is 22.0 Å². The molecule has 0 amide bonds. The van der Waals surface area contributed by atoms with Crippen LogP contribution in [0.2, 0.25) is 0 Å². The highest BCUT2D eigenvalue weighted by molar-refractivity contribution is 7.87. The maximum atomic E-state index is 13.1. The molecule has 20 heavy (non-hydrogen) atoms. The normalized spacial score (nSPS) is 33.7. The topological polar surface area (TPSA) is 114 Å². The van der Waals surface area contributed by atoms with Crippen molar-refractivity contribution in [2.75, 3.05) is 0 Å². The van der Waals surface area contributed by atoms with Crippen molar-refractivity contribution in [1.29, 1.82) is 5.41 Å². The number of fused-ring (bicyclic) bond motifs is 2. The van der Waals surface area contributed by atoms with Gasteiger partial charge in [0.2, 0.25) is 0 Å². The molecule has 0 aromatic heterocycles. The minimum Gasteiger partial charge on any atom is -0.474 e. The Morgan fingerprint density at radius 3 is 2.65 bits per heavy atom. The van der Waals surface area contributed by atoms with Crippen molar-refractivity contribution in [1.82, 2.24) is 0 Å². The van der Waals surface area contributed by atoms with E-state index in [4.69, 9.17) is 14.7 Å². The van der Waals surface area contributed by atoms with Gasteiger partial charge in [0.05, 0.1) is 0 Å². The third kappa shape index (κ3) is 2.37. The lowest BCUT2D eigenvalue weighted by molar-refractivity contribution is -0.175. The highest BCUT2D eigenvalue weighted by Gasteiger charge is 2.58. The van der Waals surface area contributed by atoms with Gasteiger partial charge >= 0.3 is 21.3 Å². The van der Waals surface area contributed by atoms with Crippen LogP contribution in [0, 0.1) is 17.2 Å². The molecule has 0 spiro atoms. The van der Waals surface area contributed by atoms with Crippen LogP contribution in [-0.2, 0) is 24.4 Å². The Labute approximate surface area is 113 Å². The molecule has 0 aromatic rings. The summed E-state index contributed by atoms with van der Waals surface area (Å²) < 4.78 is 65.2. The number of rotatable bonds is 3. The van der Waals surface area contributed by atoms with E-state index < -0.39 is 33.5 Å². The largest absolute Gasteiger partial charge is 0.474 e. The van der Waals surface area contributed by atoms with E-state index in [1.807, 2.05) is 0 Å².